The predicted octanol–water partition coefficient (Wildman–Crippen LogP) is 4.14. The molecule has 0 spiro atoms. The summed E-state index contributed by atoms with van der Waals surface area (Å²) in [5.41, 5.74) is 1.86. The standard InChI is InChI=1S/C19H21Cl2N3O/c20-15-6-7-18(17(21)14-15)22-19(25)8-9-23-10-12-24(13-11-23)16-4-2-1-3-5-16/h1-7,14H,8-13H2,(H,22,25). The van der Waals surface area contributed by atoms with E-state index in [1.807, 2.05) is 6.07 Å². The van der Waals surface area contributed by atoms with Crippen molar-refractivity contribution in [1.82, 2.24) is 4.90 Å². The third-order valence-corrected chi connectivity index (χ3v) is 4.90. The summed E-state index contributed by atoms with van der Waals surface area (Å²) >= 11 is 11.9. The lowest BCUT2D eigenvalue weighted by Crippen LogP contribution is -2.47. The van der Waals surface area contributed by atoms with Crippen molar-refractivity contribution in [1.29, 1.82) is 0 Å². The molecule has 1 amide bonds. The second-order valence-corrected chi connectivity index (χ2v) is 6.93. The first-order valence-corrected chi connectivity index (χ1v) is 9.15. The molecule has 0 aromatic heterocycles. The number of piperazine rings is 1. The number of hydrogen-bond donors (Lipinski definition) is 1. The second kappa shape index (κ2) is 8.56. The zero-order valence-electron chi connectivity index (χ0n) is 13.9. The van der Waals surface area contributed by atoms with Gasteiger partial charge < -0.3 is 10.2 Å². The Kier molecular flexibility index (Phi) is 6.19. The van der Waals surface area contributed by atoms with Crippen LogP contribution in [0.25, 0.3) is 0 Å². The zero-order valence-corrected chi connectivity index (χ0v) is 15.4. The van der Waals surface area contributed by atoms with Gasteiger partial charge in [0.2, 0.25) is 5.91 Å². The van der Waals surface area contributed by atoms with Crippen LogP contribution in [0.4, 0.5) is 11.4 Å². The summed E-state index contributed by atoms with van der Waals surface area (Å²) in [5, 5.41) is 3.86. The maximum absolute atomic E-state index is 12.1. The number of benzene rings is 2. The van der Waals surface area contributed by atoms with Crippen molar-refractivity contribution < 1.29 is 4.79 Å². The molecule has 0 unspecified atom stereocenters. The number of carbonyl (C=O) groups excluding carboxylic acids is 1. The molecule has 1 aliphatic heterocycles. The van der Waals surface area contributed by atoms with E-state index in [0.717, 1.165) is 32.7 Å². The Morgan fingerprint density at radius 1 is 1.00 bits per heavy atom. The lowest BCUT2D eigenvalue weighted by Gasteiger charge is -2.36. The highest BCUT2D eigenvalue weighted by Crippen LogP contribution is 2.25. The van der Waals surface area contributed by atoms with Gasteiger partial charge in [-0.15, -0.1) is 0 Å². The minimum Gasteiger partial charge on any atom is -0.369 e. The van der Waals surface area contributed by atoms with Crippen LogP contribution >= 0.6 is 23.2 Å². The molecular formula is C19H21Cl2N3O. The fourth-order valence-corrected chi connectivity index (χ4v) is 3.39. The maximum atomic E-state index is 12.1. The lowest BCUT2D eigenvalue weighted by atomic mass is 10.2. The van der Waals surface area contributed by atoms with Crippen LogP contribution in [0.1, 0.15) is 6.42 Å². The highest BCUT2D eigenvalue weighted by molar-refractivity contribution is 6.36. The fourth-order valence-electron chi connectivity index (χ4n) is 2.93. The van der Waals surface area contributed by atoms with Gasteiger partial charge in [0.15, 0.2) is 0 Å². The van der Waals surface area contributed by atoms with Crippen molar-refractivity contribution in [3.05, 3.63) is 58.6 Å². The van der Waals surface area contributed by atoms with Crippen LogP contribution in [0.15, 0.2) is 48.5 Å². The van der Waals surface area contributed by atoms with Gasteiger partial charge in [-0.05, 0) is 30.3 Å². The Labute approximate surface area is 158 Å². The van der Waals surface area contributed by atoms with E-state index in [0.29, 0.717) is 22.2 Å². The van der Waals surface area contributed by atoms with Crippen LogP contribution in [-0.4, -0.2) is 43.5 Å². The van der Waals surface area contributed by atoms with E-state index in [1.54, 1.807) is 18.2 Å². The average molecular weight is 378 g/mol. The Balaban J connectivity index is 1.43. The van der Waals surface area contributed by atoms with E-state index in [4.69, 9.17) is 23.2 Å². The second-order valence-electron chi connectivity index (χ2n) is 6.09. The van der Waals surface area contributed by atoms with Crippen molar-refractivity contribution in [2.45, 2.75) is 6.42 Å². The SMILES string of the molecule is O=C(CCN1CCN(c2ccccc2)CC1)Nc1ccc(Cl)cc1Cl. The molecule has 0 aliphatic carbocycles. The largest absolute Gasteiger partial charge is 0.369 e. The number of rotatable bonds is 5. The number of carbonyl (C=O) groups is 1. The highest BCUT2D eigenvalue weighted by atomic mass is 35.5. The van der Waals surface area contributed by atoms with Gasteiger partial charge in [-0.2, -0.15) is 0 Å². The van der Waals surface area contributed by atoms with Gasteiger partial charge >= 0.3 is 0 Å². The molecule has 1 heterocycles. The van der Waals surface area contributed by atoms with E-state index in [9.17, 15) is 4.79 Å². The number of amides is 1. The molecule has 2 aromatic rings. The first kappa shape index (κ1) is 18.1. The normalized spacial score (nSPS) is 15.2. The van der Waals surface area contributed by atoms with E-state index in [-0.39, 0.29) is 5.91 Å². The van der Waals surface area contributed by atoms with Crippen molar-refractivity contribution in [2.24, 2.45) is 0 Å². The third kappa shape index (κ3) is 5.11. The molecule has 4 nitrogen and oxygen atoms in total. The number of nitrogens with zero attached hydrogens (tertiary/aromatic N) is 2. The number of para-hydroxylation sites is 1. The van der Waals surface area contributed by atoms with Crippen LogP contribution < -0.4 is 10.2 Å². The summed E-state index contributed by atoms with van der Waals surface area (Å²) in [6, 6.07) is 15.5. The summed E-state index contributed by atoms with van der Waals surface area (Å²) in [7, 11) is 0. The molecule has 6 heteroatoms. The average Bonchev–Trinajstić information content (AvgIpc) is 2.63. The van der Waals surface area contributed by atoms with Crippen molar-refractivity contribution in [2.75, 3.05) is 42.9 Å². The summed E-state index contributed by atoms with van der Waals surface area (Å²) in [6.45, 7) is 4.64. The Bertz CT molecular complexity index is 716. The molecule has 1 aliphatic rings. The van der Waals surface area contributed by atoms with Crippen LogP contribution in [0.2, 0.25) is 10.0 Å². The number of halogens is 2. The number of anilines is 2. The zero-order chi connectivity index (χ0) is 17.6. The highest BCUT2D eigenvalue weighted by Gasteiger charge is 2.17. The van der Waals surface area contributed by atoms with E-state index >= 15 is 0 Å². The number of hydrogen-bond acceptors (Lipinski definition) is 3. The molecule has 1 fully saturated rings. The fraction of sp³-hybridized carbons (Fsp3) is 0.316. The quantitative estimate of drug-likeness (QED) is 0.849. The smallest absolute Gasteiger partial charge is 0.225 e. The Hall–Kier alpha value is -1.75. The molecule has 0 bridgehead atoms. The van der Waals surface area contributed by atoms with E-state index in [2.05, 4.69) is 39.4 Å². The minimum atomic E-state index is -0.0327. The van der Waals surface area contributed by atoms with Crippen molar-refractivity contribution >= 4 is 40.5 Å². The summed E-state index contributed by atoms with van der Waals surface area (Å²) in [4.78, 5) is 16.8. The molecule has 1 N–H and O–H groups in total. The van der Waals surface area contributed by atoms with Gasteiger partial charge in [-0.1, -0.05) is 41.4 Å². The molecule has 0 radical (unpaired) electrons. The molecule has 2 aromatic carbocycles. The molecule has 25 heavy (non-hydrogen) atoms. The molecule has 0 saturated carbocycles. The molecule has 1 saturated heterocycles. The maximum Gasteiger partial charge on any atom is 0.225 e. The van der Waals surface area contributed by atoms with Crippen molar-refractivity contribution in [3.8, 4) is 0 Å². The first-order chi connectivity index (χ1) is 12.1. The molecule has 132 valence electrons. The molecule has 0 atom stereocenters. The molecule has 3 rings (SSSR count). The van der Waals surface area contributed by atoms with Gasteiger partial charge in [-0.25, -0.2) is 0 Å². The van der Waals surface area contributed by atoms with Gasteiger partial charge in [-0.3, -0.25) is 9.69 Å². The van der Waals surface area contributed by atoms with Crippen LogP contribution in [0.3, 0.4) is 0 Å². The monoisotopic (exact) mass is 377 g/mol. The van der Waals surface area contributed by atoms with Gasteiger partial charge in [0.25, 0.3) is 0 Å². The van der Waals surface area contributed by atoms with E-state index < -0.39 is 0 Å². The predicted molar refractivity (Wildman–Crippen MR) is 105 cm³/mol. The Morgan fingerprint density at radius 2 is 1.72 bits per heavy atom. The van der Waals surface area contributed by atoms with E-state index in [1.165, 1.54) is 5.69 Å². The topological polar surface area (TPSA) is 35.6 Å². The Morgan fingerprint density at radius 3 is 2.40 bits per heavy atom. The van der Waals surface area contributed by atoms with Crippen molar-refractivity contribution in [3.63, 3.8) is 0 Å². The summed E-state index contributed by atoms with van der Waals surface area (Å²) in [5.74, 6) is -0.0327. The van der Waals surface area contributed by atoms with Crippen LogP contribution in [0, 0.1) is 0 Å². The van der Waals surface area contributed by atoms with Crippen LogP contribution in [0.5, 0.6) is 0 Å². The third-order valence-electron chi connectivity index (χ3n) is 4.35. The summed E-state index contributed by atoms with van der Waals surface area (Å²) in [6.07, 6.45) is 0.449. The summed E-state index contributed by atoms with van der Waals surface area (Å²) < 4.78 is 0. The minimum absolute atomic E-state index is 0.0327. The van der Waals surface area contributed by atoms with Gasteiger partial charge in [0.05, 0.1) is 10.7 Å². The van der Waals surface area contributed by atoms with Crippen LogP contribution in [-0.2, 0) is 4.79 Å². The van der Waals surface area contributed by atoms with Gasteiger partial charge in [0.1, 0.15) is 0 Å². The molecular weight excluding hydrogens is 357 g/mol. The van der Waals surface area contributed by atoms with Gasteiger partial charge in [0, 0.05) is 49.9 Å². The number of nitrogens with one attached hydrogen (secondary N) is 1. The lowest BCUT2D eigenvalue weighted by molar-refractivity contribution is -0.116. The first-order valence-electron chi connectivity index (χ1n) is 8.39.